The molecule has 0 saturated carbocycles. The van der Waals surface area contributed by atoms with E-state index in [-0.39, 0.29) is 23.8 Å². The van der Waals surface area contributed by atoms with Crippen LogP contribution in [-0.4, -0.2) is 36.9 Å². The van der Waals surface area contributed by atoms with Crippen LogP contribution in [0.1, 0.15) is 43.5 Å². The third-order valence-electron chi connectivity index (χ3n) is 4.43. The molecule has 1 amide bonds. The smallest absolute Gasteiger partial charge is 0.224 e. The van der Waals surface area contributed by atoms with Gasteiger partial charge in [-0.3, -0.25) is 9.59 Å². The fourth-order valence-corrected chi connectivity index (χ4v) is 3.12. The molecule has 0 radical (unpaired) electrons. The number of ether oxygens (including phenoxy) is 1. The highest BCUT2D eigenvalue weighted by Gasteiger charge is 2.29. The molecular weight excluding hydrogens is 280 g/mol. The average Bonchev–Trinajstić information content (AvgIpc) is 3.06. The third kappa shape index (κ3) is 2.73. The monoisotopic (exact) mass is 302 g/mol. The lowest BCUT2D eigenvalue weighted by atomic mass is 10.0. The molecule has 2 atom stereocenters. The highest BCUT2D eigenvalue weighted by atomic mass is 16.5. The fourth-order valence-electron chi connectivity index (χ4n) is 3.12. The zero-order valence-electron chi connectivity index (χ0n) is 13.1. The quantitative estimate of drug-likeness (QED) is 0.869. The van der Waals surface area contributed by atoms with Gasteiger partial charge in [0.25, 0.3) is 0 Å². The number of carbonyl (C=O) groups is 2. The zero-order valence-corrected chi connectivity index (χ0v) is 13.1. The summed E-state index contributed by atoms with van der Waals surface area (Å²) in [7, 11) is 0. The van der Waals surface area contributed by atoms with E-state index in [2.05, 4.69) is 5.32 Å². The van der Waals surface area contributed by atoms with Crippen LogP contribution in [-0.2, 0) is 4.79 Å². The Morgan fingerprint density at radius 3 is 2.86 bits per heavy atom. The van der Waals surface area contributed by atoms with Gasteiger partial charge in [-0.05, 0) is 44.0 Å². The number of hydrogen-bond acceptors (Lipinski definition) is 4. The number of fused-ring (bicyclic) bond motifs is 1. The van der Waals surface area contributed by atoms with E-state index in [4.69, 9.17) is 4.74 Å². The highest BCUT2D eigenvalue weighted by molar-refractivity contribution is 6.03. The first-order chi connectivity index (χ1) is 10.6. The number of amides is 1. The number of ketones is 1. The predicted molar refractivity (Wildman–Crippen MR) is 84.5 cm³/mol. The summed E-state index contributed by atoms with van der Waals surface area (Å²) < 4.78 is 5.90. The average molecular weight is 302 g/mol. The molecule has 0 aliphatic carbocycles. The van der Waals surface area contributed by atoms with Crippen molar-refractivity contribution in [3.63, 3.8) is 0 Å². The minimum Gasteiger partial charge on any atom is -0.486 e. The molecule has 2 unspecified atom stereocenters. The predicted octanol–water partition coefficient (Wildman–Crippen LogP) is 2.15. The molecule has 2 aliphatic heterocycles. The Balaban J connectivity index is 1.92. The van der Waals surface area contributed by atoms with Gasteiger partial charge >= 0.3 is 0 Å². The van der Waals surface area contributed by atoms with Gasteiger partial charge in [-0.1, -0.05) is 6.92 Å². The van der Waals surface area contributed by atoms with Gasteiger partial charge in [0.2, 0.25) is 5.91 Å². The van der Waals surface area contributed by atoms with Crippen molar-refractivity contribution in [1.29, 1.82) is 0 Å². The van der Waals surface area contributed by atoms with Crippen LogP contribution in [0.2, 0.25) is 0 Å². The molecule has 1 aromatic rings. The largest absolute Gasteiger partial charge is 0.486 e. The van der Waals surface area contributed by atoms with Crippen molar-refractivity contribution in [2.75, 3.05) is 18.0 Å². The van der Waals surface area contributed by atoms with Crippen molar-refractivity contribution in [3.8, 4) is 5.75 Å². The number of benzene rings is 1. The molecule has 118 valence electrons. The maximum atomic E-state index is 12.5. The van der Waals surface area contributed by atoms with E-state index >= 15 is 0 Å². The van der Waals surface area contributed by atoms with Gasteiger partial charge in [0.1, 0.15) is 11.9 Å². The Bertz CT molecular complexity index is 594. The van der Waals surface area contributed by atoms with Gasteiger partial charge in [0, 0.05) is 12.5 Å². The number of anilines is 1. The van der Waals surface area contributed by atoms with E-state index in [1.165, 1.54) is 0 Å². The van der Waals surface area contributed by atoms with Crippen LogP contribution in [0.4, 0.5) is 5.69 Å². The summed E-state index contributed by atoms with van der Waals surface area (Å²) >= 11 is 0. The van der Waals surface area contributed by atoms with E-state index in [1.807, 2.05) is 13.0 Å². The Hall–Kier alpha value is -1.88. The van der Waals surface area contributed by atoms with Gasteiger partial charge in [-0.25, -0.2) is 0 Å². The number of nitrogens with one attached hydrogen (secondary N) is 1. The van der Waals surface area contributed by atoms with Crippen molar-refractivity contribution in [1.82, 2.24) is 5.32 Å². The van der Waals surface area contributed by atoms with E-state index < -0.39 is 0 Å². The molecule has 1 saturated heterocycles. The summed E-state index contributed by atoms with van der Waals surface area (Å²) in [4.78, 5) is 26.2. The normalized spacial score (nSPS) is 23.8. The fraction of sp³-hybridized carbons (Fsp3) is 0.529. The number of carbonyl (C=O) groups excluding carboxylic acids is 2. The Kier molecular flexibility index (Phi) is 4.16. The van der Waals surface area contributed by atoms with Crippen LogP contribution in [0.15, 0.2) is 18.2 Å². The van der Waals surface area contributed by atoms with Crippen molar-refractivity contribution in [2.24, 2.45) is 0 Å². The number of rotatable bonds is 3. The van der Waals surface area contributed by atoms with E-state index in [0.29, 0.717) is 23.5 Å². The molecule has 5 heteroatoms. The SMILES string of the molecule is CCC1CN(C(C)=O)c2cc(C(=O)C3CCCN3)ccc2O1. The summed E-state index contributed by atoms with van der Waals surface area (Å²) in [6.45, 7) is 5.02. The number of nitrogens with zero attached hydrogens (tertiary/aromatic N) is 1. The molecule has 0 spiro atoms. The summed E-state index contributed by atoms with van der Waals surface area (Å²) in [6.07, 6.45) is 2.76. The Morgan fingerprint density at radius 2 is 2.23 bits per heavy atom. The molecule has 2 aliphatic rings. The molecule has 3 rings (SSSR count). The molecule has 22 heavy (non-hydrogen) atoms. The molecule has 1 N–H and O–H groups in total. The van der Waals surface area contributed by atoms with Gasteiger partial charge in [-0.15, -0.1) is 0 Å². The summed E-state index contributed by atoms with van der Waals surface area (Å²) in [5, 5.41) is 3.22. The van der Waals surface area contributed by atoms with Crippen LogP contribution in [0, 0.1) is 0 Å². The topological polar surface area (TPSA) is 58.6 Å². The van der Waals surface area contributed by atoms with Gasteiger partial charge in [0.05, 0.1) is 18.3 Å². The summed E-state index contributed by atoms with van der Waals surface area (Å²) in [5.74, 6) is 0.761. The minimum absolute atomic E-state index is 0.00875. The second kappa shape index (κ2) is 6.08. The summed E-state index contributed by atoms with van der Waals surface area (Å²) in [6, 6.07) is 5.31. The van der Waals surface area contributed by atoms with E-state index in [9.17, 15) is 9.59 Å². The maximum absolute atomic E-state index is 12.5. The lowest BCUT2D eigenvalue weighted by Gasteiger charge is -2.34. The second-order valence-corrected chi connectivity index (χ2v) is 5.97. The first-order valence-corrected chi connectivity index (χ1v) is 7.96. The van der Waals surface area contributed by atoms with Crippen LogP contribution < -0.4 is 15.0 Å². The molecule has 1 aromatic carbocycles. The molecular formula is C17H22N2O3. The first kappa shape index (κ1) is 15.0. The molecule has 5 nitrogen and oxygen atoms in total. The van der Waals surface area contributed by atoms with E-state index in [0.717, 1.165) is 25.8 Å². The Labute approximate surface area is 130 Å². The van der Waals surface area contributed by atoms with Crippen molar-refractivity contribution in [3.05, 3.63) is 23.8 Å². The van der Waals surface area contributed by atoms with Crippen molar-refractivity contribution < 1.29 is 14.3 Å². The summed E-state index contributed by atoms with van der Waals surface area (Å²) in [5.41, 5.74) is 1.35. The Morgan fingerprint density at radius 1 is 1.41 bits per heavy atom. The zero-order chi connectivity index (χ0) is 15.7. The van der Waals surface area contributed by atoms with Crippen molar-refractivity contribution >= 4 is 17.4 Å². The van der Waals surface area contributed by atoms with Crippen molar-refractivity contribution in [2.45, 2.75) is 45.3 Å². The highest BCUT2D eigenvalue weighted by Crippen LogP contribution is 2.35. The van der Waals surface area contributed by atoms with Gasteiger partial charge in [-0.2, -0.15) is 0 Å². The van der Waals surface area contributed by atoms with Gasteiger partial charge < -0.3 is 15.0 Å². The van der Waals surface area contributed by atoms with Crippen LogP contribution in [0.5, 0.6) is 5.75 Å². The van der Waals surface area contributed by atoms with Gasteiger partial charge in [0.15, 0.2) is 5.78 Å². The first-order valence-electron chi connectivity index (χ1n) is 7.96. The lowest BCUT2D eigenvalue weighted by molar-refractivity contribution is -0.117. The van der Waals surface area contributed by atoms with Crippen LogP contribution >= 0.6 is 0 Å². The van der Waals surface area contributed by atoms with Crippen LogP contribution in [0.25, 0.3) is 0 Å². The minimum atomic E-state index is -0.100. The molecule has 0 aromatic heterocycles. The van der Waals surface area contributed by atoms with E-state index in [1.54, 1.807) is 24.0 Å². The third-order valence-corrected chi connectivity index (χ3v) is 4.43. The molecule has 0 bridgehead atoms. The number of Topliss-reactive ketones (excluding diaryl/α,β-unsaturated/α-hetero) is 1. The van der Waals surface area contributed by atoms with Crippen LogP contribution in [0.3, 0.4) is 0 Å². The molecule has 2 heterocycles. The maximum Gasteiger partial charge on any atom is 0.224 e. The molecule has 1 fully saturated rings. The second-order valence-electron chi connectivity index (χ2n) is 5.97. The lowest BCUT2D eigenvalue weighted by Crippen LogP contribution is -2.42. The number of hydrogen-bond donors (Lipinski definition) is 1. The standard InChI is InChI=1S/C17H22N2O3/c1-3-13-10-19(11(2)20)15-9-12(6-7-16(15)22-13)17(21)14-5-4-8-18-14/h6-7,9,13-14,18H,3-5,8,10H2,1-2H3.